The van der Waals surface area contributed by atoms with Gasteiger partial charge in [0.05, 0.1) is 17.2 Å². The first-order chi connectivity index (χ1) is 5.72. The van der Waals surface area contributed by atoms with Gasteiger partial charge >= 0.3 is 0 Å². The molecule has 64 valence electrons. The molecule has 0 unspecified atom stereocenters. The topological polar surface area (TPSA) is 37.5 Å². The molecule has 0 aromatic carbocycles. The maximum absolute atomic E-state index is 8.98. The fourth-order valence-electron chi connectivity index (χ4n) is 1.25. The molecule has 2 heterocycles. The molecule has 0 fully saturated rings. The Morgan fingerprint density at radius 2 is 2.33 bits per heavy atom. The van der Waals surface area contributed by atoms with Crippen LogP contribution >= 0.6 is 11.3 Å². The van der Waals surface area contributed by atoms with E-state index in [-0.39, 0.29) is 6.61 Å². The molecule has 12 heavy (non-hydrogen) atoms. The zero-order valence-electron chi connectivity index (χ0n) is 7.03. The minimum Gasteiger partial charge on any atom is -0.391 e. The third-order valence-electron chi connectivity index (χ3n) is 1.92. The molecule has 2 aromatic rings. The summed E-state index contributed by atoms with van der Waals surface area (Å²) in [6.07, 6.45) is 1.99. The van der Waals surface area contributed by atoms with Crippen LogP contribution in [-0.4, -0.2) is 14.5 Å². The van der Waals surface area contributed by atoms with Crippen molar-refractivity contribution in [2.75, 3.05) is 0 Å². The summed E-state index contributed by atoms with van der Waals surface area (Å²) in [6.45, 7) is 4.08. The quantitative estimate of drug-likeness (QED) is 0.725. The van der Waals surface area contributed by atoms with Crippen LogP contribution in [0.5, 0.6) is 0 Å². The Bertz CT molecular complexity index is 416. The summed E-state index contributed by atoms with van der Waals surface area (Å²) in [5, 5.41) is 8.98. The molecule has 3 nitrogen and oxygen atoms in total. The highest BCUT2D eigenvalue weighted by molar-refractivity contribution is 7.17. The molecule has 4 heteroatoms. The van der Waals surface area contributed by atoms with Crippen LogP contribution in [0.2, 0.25) is 0 Å². The fraction of sp³-hybridized carbons (Fsp3) is 0.375. The summed E-state index contributed by atoms with van der Waals surface area (Å²) in [4.78, 5) is 6.28. The van der Waals surface area contributed by atoms with Gasteiger partial charge < -0.3 is 5.11 Å². The molecule has 0 saturated heterocycles. The molecule has 0 aliphatic heterocycles. The summed E-state index contributed by atoms with van der Waals surface area (Å²) in [5.41, 5.74) is 2.12. The van der Waals surface area contributed by atoms with Crippen LogP contribution in [0.25, 0.3) is 4.96 Å². The number of aromatic nitrogens is 2. The zero-order chi connectivity index (χ0) is 8.72. The van der Waals surface area contributed by atoms with E-state index in [1.54, 1.807) is 11.3 Å². The molecule has 0 aliphatic carbocycles. The lowest BCUT2D eigenvalue weighted by Gasteiger charge is -1.91. The van der Waals surface area contributed by atoms with Crippen LogP contribution in [0.3, 0.4) is 0 Å². The van der Waals surface area contributed by atoms with Gasteiger partial charge in [0, 0.05) is 11.9 Å². The van der Waals surface area contributed by atoms with E-state index in [1.165, 1.54) is 0 Å². The molecule has 0 aliphatic rings. The number of aliphatic hydroxyl groups excluding tert-OH is 1. The highest BCUT2D eigenvalue weighted by Gasteiger charge is 2.08. The molecular weight excluding hydrogens is 172 g/mol. The van der Waals surface area contributed by atoms with Crippen molar-refractivity contribution in [3.8, 4) is 0 Å². The van der Waals surface area contributed by atoms with E-state index in [2.05, 4.69) is 4.98 Å². The van der Waals surface area contributed by atoms with Crippen molar-refractivity contribution < 1.29 is 5.11 Å². The number of hydrogen-bond acceptors (Lipinski definition) is 3. The van der Waals surface area contributed by atoms with Crippen molar-refractivity contribution in [3.05, 3.63) is 22.5 Å². The first-order valence-corrected chi connectivity index (χ1v) is 4.59. The van der Waals surface area contributed by atoms with Gasteiger partial charge in [-0.3, -0.25) is 4.40 Å². The van der Waals surface area contributed by atoms with Gasteiger partial charge in [0.15, 0.2) is 4.96 Å². The van der Waals surface area contributed by atoms with Crippen molar-refractivity contribution >= 4 is 16.3 Å². The highest BCUT2D eigenvalue weighted by atomic mass is 32.1. The average Bonchev–Trinajstić information content (AvgIpc) is 2.51. The molecule has 0 radical (unpaired) electrons. The number of aliphatic hydroxyl groups is 1. The number of imidazole rings is 1. The number of hydrogen-bond donors (Lipinski definition) is 1. The maximum atomic E-state index is 8.98. The van der Waals surface area contributed by atoms with Gasteiger partial charge in [-0.1, -0.05) is 11.3 Å². The molecule has 0 spiro atoms. The number of fused-ring (bicyclic) bond motifs is 1. The van der Waals surface area contributed by atoms with Crippen LogP contribution in [0, 0.1) is 13.8 Å². The van der Waals surface area contributed by atoms with Gasteiger partial charge in [-0.2, -0.15) is 0 Å². The van der Waals surface area contributed by atoms with Crippen molar-refractivity contribution in [2.24, 2.45) is 0 Å². The Balaban J connectivity index is 2.74. The first-order valence-electron chi connectivity index (χ1n) is 3.77. The first kappa shape index (κ1) is 7.76. The molecule has 1 N–H and O–H groups in total. The van der Waals surface area contributed by atoms with E-state index in [0.717, 1.165) is 21.2 Å². The predicted octanol–water partition coefficient (Wildman–Crippen LogP) is 1.50. The fourth-order valence-corrected chi connectivity index (χ4v) is 2.26. The van der Waals surface area contributed by atoms with E-state index < -0.39 is 0 Å². The van der Waals surface area contributed by atoms with E-state index in [9.17, 15) is 0 Å². The predicted molar refractivity (Wildman–Crippen MR) is 48.5 cm³/mol. The number of thiazole rings is 1. The van der Waals surface area contributed by atoms with Crippen molar-refractivity contribution in [3.63, 3.8) is 0 Å². The number of aryl methyl sites for hydroxylation is 2. The van der Waals surface area contributed by atoms with E-state index in [4.69, 9.17) is 5.11 Å². The minimum absolute atomic E-state index is 0.110. The van der Waals surface area contributed by atoms with Gasteiger partial charge in [0.2, 0.25) is 0 Å². The van der Waals surface area contributed by atoms with Crippen LogP contribution in [0.1, 0.15) is 16.3 Å². The normalized spacial score (nSPS) is 11.2. The Morgan fingerprint density at radius 3 is 2.92 bits per heavy atom. The SMILES string of the molecule is Cc1cn2c(C)c(CO)sc2n1. The lowest BCUT2D eigenvalue weighted by Crippen LogP contribution is -1.85. The van der Waals surface area contributed by atoms with E-state index in [0.29, 0.717) is 0 Å². The minimum atomic E-state index is 0.110. The molecule has 2 aromatic heterocycles. The molecular formula is C8H10N2OS. The van der Waals surface area contributed by atoms with Crippen molar-refractivity contribution in [1.82, 2.24) is 9.38 Å². The molecule has 0 bridgehead atoms. The summed E-state index contributed by atoms with van der Waals surface area (Å²) in [6, 6.07) is 0. The second-order valence-electron chi connectivity index (χ2n) is 2.80. The highest BCUT2D eigenvalue weighted by Crippen LogP contribution is 2.22. The summed E-state index contributed by atoms with van der Waals surface area (Å²) in [7, 11) is 0. The average molecular weight is 182 g/mol. The van der Waals surface area contributed by atoms with Gasteiger partial charge in [0.25, 0.3) is 0 Å². The Kier molecular flexibility index (Phi) is 1.66. The standard InChI is InChI=1S/C8H10N2OS/c1-5-3-10-6(2)7(4-11)12-8(10)9-5/h3,11H,4H2,1-2H3. The van der Waals surface area contributed by atoms with Crippen LogP contribution < -0.4 is 0 Å². The monoisotopic (exact) mass is 182 g/mol. The van der Waals surface area contributed by atoms with Gasteiger partial charge in [-0.25, -0.2) is 4.98 Å². The van der Waals surface area contributed by atoms with Crippen molar-refractivity contribution in [2.45, 2.75) is 20.5 Å². The van der Waals surface area contributed by atoms with E-state index >= 15 is 0 Å². The van der Waals surface area contributed by atoms with Gasteiger partial charge in [-0.15, -0.1) is 0 Å². The summed E-state index contributed by atoms with van der Waals surface area (Å²) in [5.74, 6) is 0. The number of nitrogens with zero attached hydrogens (tertiary/aromatic N) is 2. The summed E-state index contributed by atoms with van der Waals surface area (Å²) < 4.78 is 2.02. The summed E-state index contributed by atoms with van der Waals surface area (Å²) >= 11 is 1.55. The molecule has 0 amide bonds. The maximum Gasteiger partial charge on any atom is 0.194 e. The second kappa shape index (κ2) is 2.57. The smallest absolute Gasteiger partial charge is 0.194 e. The Hall–Kier alpha value is -0.870. The molecule has 2 rings (SSSR count). The van der Waals surface area contributed by atoms with Crippen LogP contribution in [0.4, 0.5) is 0 Å². The van der Waals surface area contributed by atoms with Crippen LogP contribution in [0.15, 0.2) is 6.20 Å². The lowest BCUT2D eigenvalue weighted by atomic mass is 10.4. The zero-order valence-corrected chi connectivity index (χ0v) is 7.85. The third kappa shape index (κ3) is 0.956. The lowest BCUT2D eigenvalue weighted by molar-refractivity contribution is 0.284. The Morgan fingerprint density at radius 1 is 1.58 bits per heavy atom. The van der Waals surface area contributed by atoms with Crippen molar-refractivity contribution in [1.29, 1.82) is 0 Å². The van der Waals surface area contributed by atoms with Crippen LogP contribution in [-0.2, 0) is 6.61 Å². The van der Waals surface area contributed by atoms with Gasteiger partial charge in [-0.05, 0) is 13.8 Å². The third-order valence-corrected chi connectivity index (χ3v) is 3.06. The van der Waals surface area contributed by atoms with Gasteiger partial charge in [0.1, 0.15) is 0 Å². The molecule has 0 saturated carbocycles. The van der Waals surface area contributed by atoms with E-state index in [1.807, 2.05) is 24.4 Å². The number of rotatable bonds is 1. The molecule has 0 atom stereocenters. The largest absolute Gasteiger partial charge is 0.391 e. The second-order valence-corrected chi connectivity index (χ2v) is 3.87. The Labute approximate surface area is 74.3 Å².